The maximum atomic E-state index is 8.84. The molecule has 0 saturated heterocycles. The molecule has 3 rings (SSSR count). The van der Waals surface area contributed by atoms with Crippen molar-refractivity contribution in [3.05, 3.63) is 70.8 Å². The Kier molecular flexibility index (Phi) is 6.40. The van der Waals surface area contributed by atoms with Crippen molar-refractivity contribution in [1.82, 2.24) is 0 Å². The predicted molar refractivity (Wildman–Crippen MR) is 96.6 cm³/mol. The van der Waals surface area contributed by atoms with Crippen molar-refractivity contribution in [2.75, 3.05) is 39.6 Å². The van der Waals surface area contributed by atoms with Crippen molar-refractivity contribution >= 4 is 0 Å². The van der Waals surface area contributed by atoms with E-state index in [-0.39, 0.29) is 0 Å². The standard InChI is InChI=1S/C21H26O4/c1-2-5-18(6-3-1)15-21-19-7-4-8-20(21)17-25-14-12-23-10-9-22-11-13-24-16-19/h1-8H,9-17H2/i15D2. The Morgan fingerprint density at radius 2 is 1.16 bits per heavy atom. The van der Waals surface area contributed by atoms with Gasteiger partial charge in [0.15, 0.2) is 0 Å². The van der Waals surface area contributed by atoms with Crippen molar-refractivity contribution < 1.29 is 21.7 Å². The van der Waals surface area contributed by atoms with E-state index in [0.29, 0.717) is 64.0 Å². The summed E-state index contributed by atoms with van der Waals surface area (Å²) in [5.41, 5.74) is 2.89. The summed E-state index contributed by atoms with van der Waals surface area (Å²) in [6, 6.07) is 15.0. The van der Waals surface area contributed by atoms with Crippen LogP contribution in [0, 0.1) is 0 Å². The molecule has 4 heteroatoms. The molecule has 0 radical (unpaired) electrons. The van der Waals surface area contributed by atoms with Crippen LogP contribution in [0.3, 0.4) is 0 Å². The van der Waals surface area contributed by atoms with Gasteiger partial charge in [-0.1, -0.05) is 48.5 Å². The van der Waals surface area contributed by atoms with Crippen LogP contribution in [0.2, 0.25) is 0 Å². The third-order valence-electron chi connectivity index (χ3n) is 3.91. The molecule has 0 fully saturated rings. The van der Waals surface area contributed by atoms with Gasteiger partial charge in [0.1, 0.15) is 0 Å². The van der Waals surface area contributed by atoms with E-state index < -0.39 is 6.37 Å². The Morgan fingerprint density at radius 3 is 1.72 bits per heavy atom. The normalized spacial score (nSPS) is 19.2. The quantitative estimate of drug-likeness (QED) is 0.837. The molecule has 0 aliphatic carbocycles. The first kappa shape index (κ1) is 15.5. The second kappa shape index (κ2) is 10.3. The Bertz CT molecular complexity index is 674. The largest absolute Gasteiger partial charge is 0.377 e. The van der Waals surface area contributed by atoms with Gasteiger partial charge in [-0.05, 0) is 28.6 Å². The zero-order valence-electron chi connectivity index (χ0n) is 16.4. The maximum Gasteiger partial charge on any atom is 0.0720 e. The summed E-state index contributed by atoms with van der Waals surface area (Å²) >= 11 is 0. The van der Waals surface area contributed by atoms with Gasteiger partial charge >= 0.3 is 0 Å². The van der Waals surface area contributed by atoms with Crippen LogP contribution in [-0.2, 0) is 38.5 Å². The second-order valence-electron chi connectivity index (χ2n) is 5.77. The molecule has 1 aliphatic heterocycles. The van der Waals surface area contributed by atoms with Crippen molar-refractivity contribution in [3.63, 3.8) is 0 Å². The van der Waals surface area contributed by atoms with Gasteiger partial charge < -0.3 is 18.9 Å². The molecule has 0 aromatic heterocycles. The number of fused-ring (bicyclic) bond motifs is 2. The van der Waals surface area contributed by atoms with Crippen LogP contribution in [-0.4, -0.2) is 39.6 Å². The van der Waals surface area contributed by atoms with Gasteiger partial charge in [-0.3, -0.25) is 0 Å². The molecular weight excluding hydrogens is 316 g/mol. The van der Waals surface area contributed by atoms with Crippen molar-refractivity contribution in [3.8, 4) is 0 Å². The van der Waals surface area contributed by atoms with Gasteiger partial charge in [0.2, 0.25) is 0 Å². The molecular formula is C21H26O4. The van der Waals surface area contributed by atoms with Crippen molar-refractivity contribution in [2.45, 2.75) is 19.6 Å². The second-order valence-corrected chi connectivity index (χ2v) is 5.77. The molecule has 0 spiro atoms. The minimum Gasteiger partial charge on any atom is -0.377 e. The minimum absolute atomic E-state index is 0.329. The molecule has 2 bridgehead atoms. The molecule has 0 amide bonds. The van der Waals surface area contributed by atoms with E-state index in [0.717, 1.165) is 11.1 Å². The van der Waals surface area contributed by atoms with Crippen LogP contribution in [0.25, 0.3) is 0 Å². The van der Waals surface area contributed by atoms with Gasteiger partial charge in [-0.25, -0.2) is 0 Å². The summed E-state index contributed by atoms with van der Waals surface area (Å²) < 4.78 is 40.1. The zero-order valence-corrected chi connectivity index (χ0v) is 14.4. The van der Waals surface area contributed by atoms with Crippen LogP contribution in [0.4, 0.5) is 0 Å². The van der Waals surface area contributed by atoms with Crippen molar-refractivity contribution in [2.24, 2.45) is 0 Å². The maximum absolute atomic E-state index is 8.84. The van der Waals surface area contributed by atoms with Gasteiger partial charge in [-0.15, -0.1) is 0 Å². The average molecular weight is 344 g/mol. The molecule has 2 aromatic carbocycles. The summed E-state index contributed by atoms with van der Waals surface area (Å²) in [6.45, 7) is 3.59. The average Bonchev–Trinajstić information content (AvgIpc) is 2.69. The van der Waals surface area contributed by atoms with E-state index in [4.69, 9.17) is 21.7 Å². The fourth-order valence-electron chi connectivity index (χ4n) is 2.64. The smallest absolute Gasteiger partial charge is 0.0720 e. The van der Waals surface area contributed by atoms with E-state index in [1.807, 2.05) is 48.5 Å². The molecule has 0 saturated carbocycles. The van der Waals surface area contributed by atoms with E-state index in [9.17, 15) is 0 Å². The number of ether oxygens (including phenoxy) is 4. The van der Waals surface area contributed by atoms with Gasteiger partial charge in [0.05, 0.1) is 52.9 Å². The predicted octanol–water partition coefficient (Wildman–Crippen LogP) is 3.36. The zero-order chi connectivity index (χ0) is 19.0. The Hall–Kier alpha value is -1.72. The monoisotopic (exact) mass is 344 g/mol. The summed E-state index contributed by atoms with van der Waals surface area (Å²) in [5, 5.41) is 0. The molecule has 0 N–H and O–H groups in total. The van der Waals surface area contributed by atoms with Crippen LogP contribution < -0.4 is 0 Å². The lowest BCUT2D eigenvalue weighted by atomic mass is 9.95. The molecule has 25 heavy (non-hydrogen) atoms. The summed E-state index contributed by atoms with van der Waals surface area (Å²) in [5.74, 6) is 0. The first-order chi connectivity index (χ1) is 13.2. The summed E-state index contributed by atoms with van der Waals surface area (Å²) in [7, 11) is 0. The lowest BCUT2D eigenvalue weighted by Crippen LogP contribution is -2.11. The van der Waals surface area contributed by atoms with Crippen LogP contribution in [0.5, 0.6) is 0 Å². The highest BCUT2D eigenvalue weighted by atomic mass is 16.6. The fraction of sp³-hybridized carbons (Fsp3) is 0.429. The fourth-order valence-corrected chi connectivity index (χ4v) is 2.64. The first-order valence-electron chi connectivity index (χ1n) is 9.67. The topological polar surface area (TPSA) is 36.9 Å². The summed E-state index contributed by atoms with van der Waals surface area (Å²) in [6.07, 6.45) is -1.65. The Labute approximate surface area is 152 Å². The van der Waals surface area contributed by atoms with E-state index >= 15 is 0 Å². The van der Waals surface area contributed by atoms with Crippen LogP contribution in [0.15, 0.2) is 48.5 Å². The Balaban J connectivity index is 1.92. The Morgan fingerprint density at radius 1 is 0.640 bits per heavy atom. The number of benzene rings is 2. The third-order valence-corrected chi connectivity index (χ3v) is 3.91. The number of hydrogen-bond donors (Lipinski definition) is 0. The lowest BCUT2D eigenvalue weighted by molar-refractivity contribution is -0.00523. The minimum atomic E-state index is -1.65. The molecule has 2 aromatic rings. The molecule has 4 nitrogen and oxygen atoms in total. The SMILES string of the molecule is [2H]C([2H])(c1ccccc1)c1c2cccc1COCCOCCOCCOC2. The highest BCUT2D eigenvalue weighted by Crippen LogP contribution is 2.21. The first-order valence-corrected chi connectivity index (χ1v) is 8.67. The third kappa shape index (κ3) is 5.94. The van der Waals surface area contributed by atoms with Gasteiger partial charge in [0, 0.05) is 2.74 Å². The molecule has 1 heterocycles. The van der Waals surface area contributed by atoms with Crippen molar-refractivity contribution in [1.29, 1.82) is 0 Å². The van der Waals surface area contributed by atoms with Crippen LogP contribution in [0.1, 0.15) is 25.0 Å². The molecule has 0 atom stereocenters. The van der Waals surface area contributed by atoms with Gasteiger partial charge in [-0.2, -0.15) is 0 Å². The van der Waals surface area contributed by atoms with E-state index in [1.165, 1.54) is 0 Å². The van der Waals surface area contributed by atoms with E-state index in [2.05, 4.69) is 0 Å². The number of hydrogen-bond acceptors (Lipinski definition) is 4. The molecule has 134 valence electrons. The highest BCUT2D eigenvalue weighted by Gasteiger charge is 2.10. The van der Waals surface area contributed by atoms with Gasteiger partial charge in [0.25, 0.3) is 0 Å². The summed E-state index contributed by atoms with van der Waals surface area (Å²) in [4.78, 5) is 0. The highest BCUT2D eigenvalue weighted by molar-refractivity contribution is 5.38. The molecule has 1 aliphatic rings. The molecule has 0 unspecified atom stereocenters. The lowest BCUT2D eigenvalue weighted by Gasteiger charge is -2.16. The van der Waals surface area contributed by atoms with E-state index in [1.54, 1.807) is 0 Å². The number of rotatable bonds is 2. The van der Waals surface area contributed by atoms with Crippen LogP contribution >= 0.6 is 0 Å².